The Bertz CT molecular complexity index is 721. The molecule has 0 spiro atoms. The zero-order valence-corrected chi connectivity index (χ0v) is 13.9. The lowest BCUT2D eigenvalue weighted by Gasteiger charge is -2.37. The van der Waals surface area contributed by atoms with Gasteiger partial charge in [0, 0.05) is 44.6 Å². The van der Waals surface area contributed by atoms with Crippen LogP contribution in [-0.2, 0) is 0 Å². The van der Waals surface area contributed by atoms with Gasteiger partial charge in [0.25, 0.3) is 5.69 Å². The molecule has 126 valence electrons. The lowest BCUT2D eigenvalue weighted by Crippen LogP contribution is -2.44. The Labute approximate surface area is 144 Å². The molecule has 8 nitrogen and oxygen atoms in total. The van der Waals surface area contributed by atoms with E-state index in [4.69, 9.17) is 11.6 Å². The molecule has 0 unspecified atom stereocenters. The molecule has 0 aromatic carbocycles. The van der Waals surface area contributed by atoms with Crippen molar-refractivity contribution >= 4 is 29.1 Å². The van der Waals surface area contributed by atoms with Crippen LogP contribution in [0.1, 0.15) is 12.8 Å². The third-order valence-corrected chi connectivity index (χ3v) is 4.48. The molecule has 1 fully saturated rings. The first-order chi connectivity index (χ1) is 11.6. The van der Waals surface area contributed by atoms with Crippen LogP contribution in [0.25, 0.3) is 0 Å². The summed E-state index contributed by atoms with van der Waals surface area (Å²) in [6.07, 6.45) is 6.53. The topological polar surface area (TPSA) is 88.3 Å². The second-order valence-corrected chi connectivity index (χ2v) is 6.04. The molecule has 1 aliphatic heterocycles. The summed E-state index contributed by atoms with van der Waals surface area (Å²) in [5, 5.41) is 11.1. The normalized spacial score (nSPS) is 15.3. The second kappa shape index (κ2) is 6.96. The van der Waals surface area contributed by atoms with E-state index in [-0.39, 0.29) is 11.7 Å². The number of rotatable bonds is 4. The van der Waals surface area contributed by atoms with Gasteiger partial charge in [0.2, 0.25) is 5.95 Å². The third kappa shape index (κ3) is 3.38. The van der Waals surface area contributed by atoms with Gasteiger partial charge >= 0.3 is 0 Å². The molecule has 0 radical (unpaired) electrons. The van der Waals surface area contributed by atoms with Crippen LogP contribution in [0.2, 0.25) is 5.02 Å². The van der Waals surface area contributed by atoms with Crippen molar-refractivity contribution in [3.63, 3.8) is 0 Å². The number of anilines is 2. The van der Waals surface area contributed by atoms with Gasteiger partial charge in [0.1, 0.15) is 12.0 Å². The van der Waals surface area contributed by atoms with E-state index >= 15 is 0 Å². The minimum atomic E-state index is -0.499. The lowest BCUT2D eigenvalue weighted by molar-refractivity contribution is -0.385. The maximum Gasteiger partial charge on any atom is 0.289 e. The van der Waals surface area contributed by atoms with Crippen molar-refractivity contribution in [2.75, 3.05) is 29.9 Å². The van der Waals surface area contributed by atoms with E-state index in [1.54, 1.807) is 18.5 Å². The van der Waals surface area contributed by atoms with Gasteiger partial charge in [0.05, 0.1) is 9.95 Å². The molecule has 2 aromatic rings. The molecule has 24 heavy (non-hydrogen) atoms. The molecule has 3 heterocycles. The Morgan fingerprint density at radius 3 is 2.54 bits per heavy atom. The summed E-state index contributed by atoms with van der Waals surface area (Å²) in [7, 11) is 1.92. The minimum absolute atomic E-state index is 0.104. The fourth-order valence-corrected chi connectivity index (χ4v) is 3.15. The molecule has 9 heteroatoms. The van der Waals surface area contributed by atoms with E-state index in [1.807, 2.05) is 11.9 Å². The molecule has 1 saturated heterocycles. The van der Waals surface area contributed by atoms with Gasteiger partial charge in [-0.2, -0.15) is 0 Å². The van der Waals surface area contributed by atoms with Gasteiger partial charge in [-0.25, -0.2) is 15.0 Å². The first-order valence-electron chi connectivity index (χ1n) is 7.61. The Morgan fingerprint density at radius 2 is 1.96 bits per heavy atom. The van der Waals surface area contributed by atoms with Gasteiger partial charge < -0.3 is 9.80 Å². The molecule has 3 rings (SSSR count). The van der Waals surface area contributed by atoms with Crippen LogP contribution < -0.4 is 9.80 Å². The number of pyridine rings is 1. The summed E-state index contributed by atoms with van der Waals surface area (Å²) in [6, 6.07) is 3.40. The van der Waals surface area contributed by atoms with E-state index in [2.05, 4.69) is 19.9 Å². The van der Waals surface area contributed by atoms with Crippen LogP contribution in [0.5, 0.6) is 0 Å². The summed E-state index contributed by atoms with van der Waals surface area (Å²) in [4.78, 5) is 27.1. The number of hydrogen-bond donors (Lipinski definition) is 0. The average molecular weight is 349 g/mol. The fraction of sp³-hybridized carbons (Fsp3) is 0.400. The monoisotopic (exact) mass is 348 g/mol. The van der Waals surface area contributed by atoms with Crippen molar-refractivity contribution in [3.8, 4) is 0 Å². The molecule has 2 aromatic heterocycles. The summed E-state index contributed by atoms with van der Waals surface area (Å²) in [5.74, 6) is 1.31. The molecule has 0 atom stereocenters. The SMILES string of the molecule is CN(c1ncc([N+](=O)[O-])cc1Cl)C1CCN(c2ncccn2)CC1. The van der Waals surface area contributed by atoms with Crippen molar-refractivity contribution in [2.45, 2.75) is 18.9 Å². The average Bonchev–Trinajstić information content (AvgIpc) is 2.62. The van der Waals surface area contributed by atoms with Crippen molar-refractivity contribution in [3.05, 3.63) is 45.9 Å². The largest absolute Gasteiger partial charge is 0.355 e. The number of nitro groups is 1. The van der Waals surface area contributed by atoms with Gasteiger partial charge in [-0.1, -0.05) is 11.6 Å². The molecule has 0 aliphatic carbocycles. The first-order valence-corrected chi connectivity index (χ1v) is 7.99. The highest BCUT2D eigenvalue weighted by molar-refractivity contribution is 6.33. The minimum Gasteiger partial charge on any atom is -0.355 e. The standard InChI is InChI=1S/C15H17ClN6O2/c1-20(14-13(16)9-12(10-19-14)22(23)24)11-3-7-21(8-4-11)15-17-5-2-6-18-15/h2,5-6,9-11H,3-4,7-8H2,1H3. The molecule has 0 N–H and O–H groups in total. The summed E-state index contributed by atoms with van der Waals surface area (Å²) < 4.78 is 0. The predicted octanol–water partition coefficient (Wildman–Crippen LogP) is 2.54. The fourth-order valence-electron chi connectivity index (χ4n) is 2.86. The highest BCUT2D eigenvalue weighted by Gasteiger charge is 2.26. The van der Waals surface area contributed by atoms with Gasteiger partial charge in [-0.15, -0.1) is 0 Å². The van der Waals surface area contributed by atoms with Crippen LogP contribution in [0, 0.1) is 10.1 Å². The zero-order chi connectivity index (χ0) is 17.1. The van der Waals surface area contributed by atoms with Crippen LogP contribution in [0.4, 0.5) is 17.5 Å². The van der Waals surface area contributed by atoms with E-state index < -0.39 is 4.92 Å². The summed E-state index contributed by atoms with van der Waals surface area (Å²) >= 11 is 6.17. The van der Waals surface area contributed by atoms with Gasteiger partial charge in [0.15, 0.2) is 0 Å². The first kappa shape index (κ1) is 16.4. The molecule has 0 saturated carbocycles. The van der Waals surface area contributed by atoms with Crippen LogP contribution in [0.15, 0.2) is 30.7 Å². The van der Waals surface area contributed by atoms with Crippen LogP contribution >= 0.6 is 11.6 Å². The van der Waals surface area contributed by atoms with E-state index in [1.165, 1.54) is 12.3 Å². The Balaban J connectivity index is 1.67. The maximum absolute atomic E-state index is 10.8. The van der Waals surface area contributed by atoms with E-state index in [0.717, 1.165) is 31.9 Å². The molecular weight excluding hydrogens is 332 g/mol. The highest BCUT2D eigenvalue weighted by Crippen LogP contribution is 2.30. The number of halogens is 1. The molecule has 0 bridgehead atoms. The molecular formula is C15H17ClN6O2. The number of nitrogens with zero attached hydrogens (tertiary/aromatic N) is 6. The quantitative estimate of drug-likeness (QED) is 0.619. The van der Waals surface area contributed by atoms with Crippen molar-refractivity contribution < 1.29 is 4.92 Å². The van der Waals surface area contributed by atoms with Gasteiger partial charge in [-0.05, 0) is 18.9 Å². The van der Waals surface area contributed by atoms with Crippen molar-refractivity contribution in [1.82, 2.24) is 15.0 Å². The molecule has 1 aliphatic rings. The summed E-state index contributed by atoms with van der Waals surface area (Å²) in [5.41, 5.74) is -0.104. The van der Waals surface area contributed by atoms with Crippen LogP contribution in [0.3, 0.4) is 0 Å². The molecule has 0 amide bonds. The van der Waals surface area contributed by atoms with Crippen molar-refractivity contribution in [1.29, 1.82) is 0 Å². The Hall–Kier alpha value is -2.48. The zero-order valence-electron chi connectivity index (χ0n) is 13.2. The number of hydrogen-bond acceptors (Lipinski definition) is 7. The predicted molar refractivity (Wildman–Crippen MR) is 91.6 cm³/mol. The Morgan fingerprint density at radius 1 is 1.29 bits per heavy atom. The van der Waals surface area contributed by atoms with Crippen LogP contribution in [-0.4, -0.2) is 46.1 Å². The number of aromatic nitrogens is 3. The van der Waals surface area contributed by atoms with Crippen molar-refractivity contribution in [2.24, 2.45) is 0 Å². The maximum atomic E-state index is 10.8. The van der Waals surface area contributed by atoms with Gasteiger partial charge in [-0.3, -0.25) is 10.1 Å². The third-order valence-electron chi connectivity index (χ3n) is 4.20. The second-order valence-electron chi connectivity index (χ2n) is 5.63. The lowest BCUT2D eigenvalue weighted by atomic mass is 10.0. The smallest absolute Gasteiger partial charge is 0.289 e. The van der Waals surface area contributed by atoms with E-state index in [0.29, 0.717) is 10.8 Å². The summed E-state index contributed by atoms with van der Waals surface area (Å²) in [6.45, 7) is 1.67. The van der Waals surface area contributed by atoms with E-state index in [9.17, 15) is 10.1 Å². The highest BCUT2D eigenvalue weighted by atomic mass is 35.5. The Kier molecular flexibility index (Phi) is 4.75. The number of piperidine rings is 1.